The predicted octanol–water partition coefficient (Wildman–Crippen LogP) is 2.55. The van der Waals surface area contributed by atoms with Gasteiger partial charge in [-0.05, 0) is 13.0 Å². The molecule has 0 aliphatic heterocycles. The van der Waals surface area contributed by atoms with Gasteiger partial charge in [-0.15, -0.1) is 0 Å². The molecule has 0 amide bonds. The largest absolute Gasteiger partial charge is 0.433 e. The fraction of sp³-hybridized carbons (Fsp3) is 0.333. The molecule has 0 saturated carbocycles. The Hall–Kier alpha value is -2.91. The molecular formula is C15H16F3N7. The van der Waals surface area contributed by atoms with Crippen molar-refractivity contribution in [1.82, 2.24) is 29.5 Å². The Balaban J connectivity index is 1.93. The number of anilines is 1. The first-order valence-corrected chi connectivity index (χ1v) is 7.40. The van der Waals surface area contributed by atoms with Gasteiger partial charge in [0.25, 0.3) is 0 Å². The summed E-state index contributed by atoms with van der Waals surface area (Å²) in [5, 5.41) is 10.9. The molecule has 132 valence electrons. The highest BCUT2D eigenvalue weighted by Gasteiger charge is 2.34. The van der Waals surface area contributed by atoms with E-state index in [0.717, 1.165) is 17.3 Å². The summed E-state index contributed by atoms with van der Waals surface area (Å²) in [4.78, 5) is 7.77. The molecule has 3 aromatic rings. The SMILES string of the molecule is Cc1c(CNc2nc(-c3cnn(C)c3)cc(C(F)(F)F)n2)cnn1C. The molecule has 10 heteroatoms. The van der Waals surface area contributed by atoms with Gasteiger partial charge in [0.05, 0.1) is 18.1 Å². The van der Waals surface area contributed by atoms with Gasteiger partial charge in [-0.25, -0.2) is 9.97 Å². The molecule has 0 saturated heterocycles. The van der Waals surface area contributed by atoms with Crippen molar-refractivity contribution in [2.75, 3.05) is 5.32 Å². The van der Waals surface area contributed by atoms with E-state index < -0.39 is 11.9 Å². The van der Waals surface area contributed by atoms with Crippen LogP contribution in [-0.2, 0) is 26.8 Å². The predicted molar refractivity (Wildman–Crippen MR) is 84.5 cm³/mol. The van der Waals surface area contributed by atoms with Crippen molar-refractivity contribution in [3.8, 4) is 11.3 Å². The van der Waals surface area contributed by atoms with Gasteiger partial charge in [-0.1, -0.05) is 0 Å². The van der Waals surface area contributed by atoms with Gasteiger partial charge < -0.3 is 5.32 Å². The van der Waals surface area contributed by atoms with E-state index in [1.54, 1.807) is 31.2 Å². The molecule has 3 rings (SSSR count). The Bertz CT molecular complexity index is 895. The molecule has 0 atom stereocenters. The van der Waals surface area contributed by atoms with Crippen molar-refractivity contribution >= 4 is 5.95 Å². The first-order chi connectivity index (χ1) is 11.7. The summed E-state index contributed by atoms with van der Waals surface area (Å²) in [6.07, 6.45) is 0.133. The normalized spacial score (nSPS) is 11.8. The highest BCUT2D eigenvalue weighted by molar-refractivity contribution is 5.59. The summed E-state index contributed by atoms with van der Waals surface area (Å²) >= 11 is 0. The van der Waals surface area contributed by atoms with Crippen LogP contribution >= 0.6 is 0 Å². The van der Waals surface area contributed by atoms with E-state index in [-0.39, 0.29) is 18.2 Å². The molecule has 0 spiro atoms. The zero-order valence-corrected chi connectivity index (χ0v) is 13.8. The monoisotopic (exact) mass is 351 g/mol. The highest BCUT2D eigenvalue weighted by Crippen LogP contribution is 2.31. The van der Waals surface area contributed by atoms with Crippen molar-refractivity contribution in [2.45, 2.75) is 19.6 Å². The van der Waals surface area contributed by atoms with Crippen molar-refractivity contribution in [1.29, 1.82) is 0 Å². The van der Waals surface area contributed by atoms with Crippen molar-refractivity contribution < 1.29 is 13.2 Å². The van der Waals surface area contributed by atoms with Crippen molar-refractivity contribution in [2.24, 2.45) is 14.1 Å². The van der Waals surface area contributed by atoms with Gasteiger partial charge in [0.1, 0.15) is 0 Å². The summed E-state index contributed by atoms with van der Waals surface area (Å²) < 4.78 is 42.6. The molecule has 7 nitrogen and oxygen atoms in total. The van der Waals surface area contributed by atoms with Crippen LogP contribution in [0.3, 0.4) is 0 Å². The Morgan fingerprint density at radius 1 is 1.12 bits per heavy atom. The van der Waals surface area contributed by atoms with Gasteiger partial charge in [-0.3, -0.25) is 9.36 Å². The third-order valence-electron chi connectivity index (χ3n) is 3.79. The van der Waals surface area contributed by atoms with Crippen LogP contribution in [0, 0.1) is 6.92 Å². The zero-order valence-electron chi connectivity index (χ0n) is 13.8. The Labute approximate surface area is 141 Å². The highest BCUT2D eigenvalue weighted by atomic mass is 19.4. The quantitative estimate of drug-likeness (QED) is 0.782. The average Bonchev–Trinajstić information content (AvgIpc) is 3.12. The molecule has 1 N–H and O–H groups in total. The van der Waals surface area contributed by atoms with Crippen LogP contribution in [0.2, 0.25) is 0 Å². The number of halogens is 3. The van der Waals surface area contributed by atoms with E-state index in [2.05, 4.69) is 25.5 Å². The lowest BCUT2D eigenvalue weighted by Gasteiger charge is -2.11. The minimum atomic E-state index is -4.57. The molecule has 0 unspecified atom stereocenters. The minimum absolute atomic E-state index is 0.100. The number of alkyl halides is 3. The maximum Gasteiger partial charge on any atom is 0.433 e. The zero-order chi connectivity index (χ0) is 18.2. The van der Waals surface area contributed by atoms with Gasteiger partial charge in [0.2, 0.25) is 5.95 Å². The van der Waals surface area contributed by atoms with E-state index in [1.165, 1.54) is 10.9 Å². The number of nitrogens with zero attached hydrogens (tertiary/aromatic N) is 6. The summed E-state index contributed by atoms with van der Waals surface area (Å²) in [6.45, 7) is 2.14. The van der Waals surface area contributed by atoms with Gasteiger partial charge >= 0.3 is 6.18 Å². The number of aryl methyl sites for hydroxylation is 2. The topological polar surface area (TPSA) is 73.5 Å². The van der Waals surface area contributed by atoms with Gasteiger partial charge in [-0.2, -0.15) is 23.4 Å². The fourth-order valence-electron chi connectivity index (χ4n) is 2.26. The maximum atomic E-state index is 13.1. The summed E-state index contributed by atoms with van der Waals surface area (Å²) in [6, 6.07) is 0.914. The minimum Gasteiger partial charge on any atom is -0.350 e. The van der Waals surface area contributed by atoms with Crippen LogP contribution < -0.4 is 5.32 Å². The summed E-state index contributed by atoms with van der Waals surface area (Å²) in [7, 11) is 3.47. The molecular weight excluding hydrogens is 335 g/mol. The lowest BCUT2D eigenvalue weighted by molar-refractivity contribution is -0.141. The number of nitrogens with one attached hydrogen (secondary N) is 1. The summed E-state index contributed by atoms with van der Waals surface area (Å²) in [5.74, 6) is -0.100. The molecule has 0 radical (unpaired) electrons. The summed E-state index contributed by atoms with van der Waals surface area (Å²) in [5.41, 5.74) is 1.39. The van der Waals surface area contributed by atoms with Crippen molar-refractivity contribution in [3.63, 3.8) is 0 Å². The van der Waals surface area contributed by atoms with Gasteiger partial charge in [0.15, 0.2) is 5.69 Å². The van der Waals surface area contributed by atoms with E-state index in [0.29, 0.717) is 5.56 Å². The molecule has 3 heterocycles. The molecule has 3 aromatic heterocycles. The van der Waals surface area contributed by atoms with Crippen LogP contribution in [0.25, 0.3) is 11.3 Å². The third kappa shape index (κ3) is 3.62. The fourth-order valence-corrected chi connectivity index (χ4v) is 2.26. The van der Waals surface area contributed by atoms with E-state index in [4.69, 9.17) is 0 Å². The van der Waals surface area contributed by atoms with Gasteiger partial charge in [0, 0.05) is 43.7 Å². The Morgan fingerprint density at radius 2 is 1.88 bits per heavy atom. The van der Waals surface area contributed by atoms with Crippen LogP contribution in [0.5, 0.6) is 0 Å². The average molecular weight is 351 g/mol. The number of hydrogen-bond donors (Lipinski definition) is 1. The number of rotatable bonds is 4. The molecule has 0 aromatic carbocycles. The first-order valence-electron chi connectivity index (χ1n) is 7.40. The van der Waals surface area contributed by atoms with Crippen molar-refractivity contribution in [3.05, 3.63) is 41.6 Å². The molecule has 0 fully saturated rings. The van der Waals surface area contributed by atoms with Crippen LogP contribution in [0.15, 0.2) is 24.7 Å². The second-order valence-electron chi connectivity index (χ2n) is 5.59. The molecule has 0 aliphatic rings. The standard InChI is InChI=1S/C15H16F3N7/c1-9-10(6-21-25(9)3)5-19-14-22-12(11-7-20-24(2)8-11)4-13(23-14)15(16,17)18/h4,6-8H,5H2,1-3H3,(H,19,22,23). The van der Waals surface area contributed by atoms with E-state index in [9.17, 15) is 13.2 Å². The smallest absolute Gasteiger partial charge is 0.350 e. The second-order valence-corrected chi connectivity index (χ2v) is 5.59. The lowest BCUT2D eigenvalue weighted by atomic mass is 10.2. The van der Waals surface area contributed by atoms with Crippen LogP contribution in [0.4, 0.5) is 19.1 Å². The van der Waals surface area contributed by atoms with E-state index in [1.807, 2.05) is 6.92 Å². The van der Waals surface area contributed by atoms with E-state index >= 15 is 0 Å². The number of hydrogen-bond acceptors (Lipinski definition) is 5. The first kappa shape index (κ1) is 16.9. The molecule has 0 bridgehead atoms. The molecule has 0 aliphatic carbocycles. The second kappa shape index (κ2) is 6.19. The molecule has 25 heavy (non-hydrogen) atoms. The van der Waals surface area contributed by atoms with Crippen LogP contribution in [-0.4, -0.2) is 29.5 Å². The Kier molecular flexibility index (Phi) is 4.19. The maximum absolute atomic E-state index is 13.1. The lowest BCUT2D eigenvalue weighted by Crippen LogP contribution is -2.13. The Morgan fingerprint density at radius 3 is 2.44 bits per heavy atom. The number of aromatic nitrogens is 6. The van der Waals surface area contributed by atoms with Crippen LogP contribution in [0.1, 0.15) is 17.0 Å². The third-order valence-corrected chi connectivity index (χ3v) is 3.79.